The predicted octanol–water partition coefficient (Wildman–Crippen LogP) is 4.94. The Labute approximate surface area is 171 Å². The highest BCUT2D eigenvalue weighted by molar-refractivity contribution is 6.07. The molecule has 5 nitrogen and oxygen atoms in total. The third-order valence-electron chi connectivity index (χ3n) is 5.56. The largest absolute Gasteiger partial charge is 0.324 e. The number of benzene rings is 2. The maximum Gasteiger partial charge on any atom is 0.261 e. The van der Waals surface area contributed by atoms with E-state index in [1.807, 2.05) is 23.1 Å². The molecule has 2 aromatic carbocycles. The summed E-state index contributed by atoms with van der Waals surface area (Å²) in [6, 6.07) is 14.5. The number of para-hydroxylation sites is 2. The molecule has 3 aromatic rings. The molecule has 0 aliphatic carbocycles. The molecule has 0 radical (unpaired) electrons. The number of carbonyl (C=O) groups is 1. The number of amides is 1. The molecule has 1 aliphatic heterocycles. The Kier molecular flexibility index (Phi) is 5.30. The van der Waals surface area contributed by atoms with Crippen LogP contribution in [0.5, 0.6) is 0 Å². The monoisotopic (exact) mass is 386 g/mol. The minimum atomic E-state index is -0.0581. The van der Waals surface area contributed by atoms with Gasteiger partial charge in [0, 0.05) is 29.8 Å². The van der Waals surface area contributed by atoms with E-state index in [2.05, 4.69) is 60.3 Å². The first-order chi connectivity index (χ1) is 14.1. The molecule has 148 valence electrons. The van der Waals surface area contributed by atoms with Gasteiger partial charge in [-0.15, -0.1) is 0 Å². The fourth-order valence-electron chi connectivity index (χ4n) is 4.03. The third kappa shape index (κ3) is 3.60. The van der Waals surface area contributed by atoms with Crippen LogP contribution in [-0.2, 0) is 19.3 Å². The summed E-state index contributed by atoms with van der Waals surface area (Å²) in [5.74, 6) is 0.448. The summed E-state index contributed by atoms with van der Waals surface area (Å²) in [5.41, 5.74) is 6.22. The Morgan fingerprint density at radius 1 is 1.03 bits per heavy atom. The Hall–Kier alpha value is -3.21. The van der Waals surface area contributed by atoms with Gasteiger partial charge in [-0.2, -0.15) is 0 Å². The molecule has 0 saturated carbocycles. The average molecular weight is 386 g/mol. The molecule has 1 aromatic heterocycles. The van der Waals surface area contributed by atoms with Gasteiger partial charge in [0.05, 0.1) is 5.56 Å². The van der Waals surface area contributed by atoms with Gasteiger partial charge < -0.3 is 10.2 Å². The van der Waals surface area contributed by atoms with Crippen LogP contribution in [0.3, 0.4) is 0 Å². The molecule has 0 spiro atoms. The van der Waals surface area contributed by atoms with Crippen LogP contribution in [0.15, 0.2) is 54.9 Å². The summed E-state index contributed by atoms with van der Waals surface area (Å²) in [7, 11) is 0. The van der Waals surface area contributed by atoms with Crippen LogP contribution in [0.2, 0.25) is 0 Å². The van der Waals surface area contributed by atoms with Crippen molar-refractivity contribution in [3.8, 4) is 0 Å². The minimum Gasteiger partial charge on any atom is -0.324 e. The van der Waals surface area contributed by atoms with Gasteiger partial charge in [-0.05, 0) is 48.9 Å². The maximum absolute atomic E-state index is 13.1. The van der Waals surface area contributed by atoms with Crippen LogP contribution < -0.4 is 10.2 Å². The molecule has 29 heavy (non-hydrogen) atoms. The van der Waals surface area contributed by atoms with Crippen molar-refractivity contribution >= 4 is 23.2 Å². The van der Waals surface area contributed by atoms with Gasteiger partial charge in [0.2, 0.25) is 5.95 Å². The third-order valence-corrected chi connectivity index (χ3v) is 5.56. The lowest BCUT2D eigenvalue weighted by Crippen LogP contribution is -2.35. The van der Waals surface area contributed by atoms with Crippen molar-refractivity contribution < 1.29 is 4.79 Å². The number of rotatable bonds is 5. The van der Waals surface area contributed by atoms with E-state index >= 15 is 0 Å². The highest BCUT2D eigenvalue weighted by atomic mass is 16.2. The Balaban J connectivity index is 1.57. The van der Waals surface area contributed by atoms with Gasteiger partial charge in [0.15, 0.2) is 0 Å². The fraction of sp³-hybridized carbons (Fsp3) is 0.292. The lowest BCUT2D eigenvalue weighted by molar-refractivity contribution is 0.0981. The van der Waals surface area contributed by atoms with Crippen LogP contribution in [0.25, 0.3) is 0 Å². The van der Waals surface area contributed by atoms with E-state index in [0.29, 0.717) is 11.5 Å². The van der Waals surface area contributed by atoms with Crippen molar-refractivity contribution in [2.75, 3.05) is 10.2 Å². The molecule has 0 fully saturated rings. The summed E-state index contributed by atoms with van der Waals surface area (Å²) in [4.78, 5) is 23.8. The maximum atomic E-state index is 13.1. The highest BCUT2D eigenvalue weighted by Gasteiger charge is 2.31. The van der Waals surface area contributed by atoms with E-state index in [0.717, 1.165) is 30.6 Å². The number of aryl methyl sites for hydroxylation is 2. The normalized spacial score (nSPS) is 15.3. The molecule has 1 aliphatic rings. The quantitative estimate of drug-likeness (QED) is 0.675. The van der Waals surface area contributed by atoms with Crippen molar-refractivity contribution in [3.63, 3.8) is 0 Å². The number of carbonyl (C=O) groups excluding carboxylic acids is 1. The lowest BCUT2D eigenvalue weighted by atomic mass is 10.0. The van der Waals surface area contributed by atoms with Gasteiger partial charge in [0.1, 0.15) is 0 Å². The molecule has 2 heterocycles. The molecule has 0 saturated heterocycles. The number of hydrogen-bond donors (Lipinski definition) is 1. The van der Waals surface area contributed by atoms with Gasteiger partial charge in [-0.3, -0.25) is 4.79 Å². The van der Waals surface area contributed by atoms with Crippen LogP contribution in [0, 0.1) is 0 Å². The van der Waals surface area contributed by atoms with Crippen molar-refractivity contribution in [1.29, 1.82) is 0 Å². The Bertz CT molecular complexity index is 1010. The summed E-state index contributed by atoms with van der Waals surface area (Å²) in [6.45, 7) is 6.35. The zero-order chi connectivity index (χ0) is 20.4. The smallest absolute Gasteiger partial charge is 0.261 e. The lowest BCUT2D eigenvalue weighted by Gasteiger charge is -2.22. The van der Waals surface area contributed by atoms with Gasteiger partial charge in [-0.1, -0.05) is 50.2 Å². The van der Waals surface area contributed by atoms with Crippen LogP contribution >= 0.6 is 0 Å². The van der Waals surface area contributed by atoms with Crippen molar-refractivity contribution in [2.24, 2.45) is 0 Å². The van der Waals surface area contributed by atoms with E-state index < -0.39 is 0 Å². The van der Waals surface area contributed by atoms with Crippen LogP contribution in [0.1, 0.15) is 47.8 Å². The summed E-state index contributed by atoms with van der Waals surface area (Å²) in [6.07, 6.45) is 5.96. The standard InChI is InChI=1S/C24H26N4O/c1-4-17-10-8-11-18(5-2)22(17)27-24-25-14-20(15-26-24)23(29)28-16(3)13-19-9-6-7-12-21(19)28/h6-12,14-16H,4-5,13H2,1-3H3,(H,25,26,27). The summed E-state index contributed by atoms with van der Waals surface area (Å²) >= 11 is 0. The average Bonchev–Trinajstić information content (AvgIpc) is 3.09. The zero-order valence-electron chi connectivity index (χ0n) is 17.1. The van der Waals surface area contributed by atoms with Gasteiger partial charge >= 0.3 is 0 Å². The second kappa shape index (κ2) is 8.03. The van der Waals surface area contributed by atoms with E-state index in [1.165, 1.54) is 16.7 Å². The van der Waals surface area contributed by atoms with Crippen molar-refractivity contribution in [1.82, 2.24) is 9.97 Å². The van der Waals surface area contributed by atoms with Crippen molar-refractivity contribution in [2.45, 2.75) is 46.1 Å². The van der Waals surface area contributed by atoms with E-state index in [1.54, 1.807) is 12.4 Å². The van der Waals surface area contributed by atoms with Gasteiger partial charge in [-0.25, -0.2) is 9.97 Å². The number of fused-ring (bicyclic) bond motifs is 1. The molecule has 1 N–H and O–H groups in total. The van der Waals surface area contributed by atoms with E-state index in [4.69, 9.17) is 0 Å². The number of hydrogen-bond acceptors (Lipinski definition) is 4. The zero-order valence-corrected chi connectivity index (χ0v) is 17.1. The van der Waals surface area contributed by atoms with Crippen LogP contribution in [-0.4, -0.2) is 21.9 Å². The minimum absolute atomic E-state index is 0.0581. The fourth-order valence-corrected chi connectivity index (χ4v) is 4.03. The van der Waals surface area contributed by atoms with Gasteiger partial charge in [0.25, 0.3) is 5.91 Å². The predicted molar refractivity (Wildman–Crippen MR) is 117 cm³/mol. The summed E-state index contributed by atoms with van der Waals surface area (Å²) in [5, 5.41) is 3.36. The molecule has 1 unspecified atom stereocenters. The molecule has 5 heteroatoms. The topological polar surface area (TPSA) is 58.1 Å². The van der Waals surface area contributed by atoms with E-state index in [-0.39, 0.29) is 11.9 Å². The number of anilines is 3. The first kappa shape index (κ1) is 19.1. The molecular weight excluding hydrogens is 360 g/mol. The molecule has 0 bridgehead atoms. The number of nitrogens with zero attached hydrogens (tertiary/aromatic N) is 3. The number of aromatic nitrogens is 2. The molecule has 1 amide bonds. The van der Waals surface area contributed by atoms with Crippen molar-refractivity contribution in [3.05, 3.63) is 77.1 Å². The number of nitrogens with one attached hydrogen (secondary N) is 1. The molecule has 4 rings (SSSR count). The molecule has 1 atom stereocenters. The SMILES string of the molecule is CCc1cccc(CC)c1Nc1ncc(C(=O)N2c3ccccc3CC2C)cn1. The highest BCUT2D eigenvalue weighted by Crippen LogP contribution is 2.33. The van der Waals surface area contributed by atoms with Crippen LogP contribution in [0.4, 0.5) is 17.3 Å². The Morgan fingerprint density at radius 2 is 1.69 bits per heavy atom. The van der Waals surface area contributed by atoms with E-state index in [9.17, 15) is 4.79 Å². The second-order valence-electron chi connectivity index (χ2n) is 7.44. The first-order valence-corrected chi connectivity index (χ1v) is 10.2. The Morgan fingerprint density at radius 3 is 2.34 bits per heavy atom. The second-order valence-corrected chi connectivity index (χ2v) is 7.44. The first-order valence-electron chi connectivity index (χ1n) is 10.2. The molecular formula is C24H26N4O. The summed E-state index contributed by atoms with van der Waals surface area (Å²) < 4.78 is 0.